The molecule has 0 saturated heterocycles. The Morgan fingerprint density at radius 1 is 1.36 bits per heavy atom. The van der Waals surface area contributed by atoms with Crippen LogP contribution in [0.5, 0.6) is 0 Å². The zero-order valence-corrected chi connectivity index (χ0v) is 7.10. The van der Waals surface area contributed by atoms with Crippen LogP contribution in [0.25, 0.3) is 0 Å². The Morgan fingerprint density at radius 2 is 1.82 bits per heavy atom. The van der Waals surface area contributed by atoms with Gasteiger partial charge in [0.1, 0.15) is 5.78 Å². The maximum Gasteiger partial charge on any atom is 0.241 e. The van der Waals surface area contributed by atoms with Crippen molar-refractivity contribution in [2.24, 2.45) is 11.3 Å². The van der Waals surface area contributed by atoms with Crippen LogP contribution >= 0.6 is 0 Å². The quantitative estimate of drug-likeness (QED) is 0.257. The smallest absolute Gasteiger partial charge is 0.241 e. The molecule has 0 aliphatic carbocycles. The Bertz CT molecular complexity index is 170. The van der Waals surface area contributed by atoms with E-state index in [4.69, 9.17) is 5.84 Å². The van der Waals surface area contributed by atoms with Gasteiger partial charge in [0, 0.05) is 5.41 Å². The highest BCUT2D eigenvalue weighted by Gasteiger charge is 2.22. The second kappa shape index (κ2) is 3.48. The fourth-order valence-electron chi connectivity index (χ4n) is 0.462. The van der Waals surface area contributed by atoms with Crippen LogP contribution in [0.15, 0.2) is 0 Å². The first kappa shape index (κ1) is 10.1. The number of carbonyl (C=O) groups excluding carboxylic acids is 2. The third-order valence-electron chi connectivity index (χ3n) is 1.32. The van der Waals surface area contributed by atoms with Crippen LogP contribution in [-0.4, -0.2) is 11.7 Å². The fraction of sp³-hybridized carbons (Fsp3) is 0.714. The number of hydrazine groups is 1. The summed E-state index contributed by atoms with van der Waals surface area (Å²) in [7, 11) is 0. The van der Waals surface area contributed by atoms with Gasteiger partial charge < -0.3 is 0 Å². The van der Waals surface area contributed by atoms with Gasteiger partial charge in [0.25, 0.3) is 0 Å². The van der Waals surface area contributed by atoms with E-state index in [-0.39, 0.29) is 12.2 Å². The average Bonchev–Trinajstić information content (AvgIpc) is 1.85. The van der Waals surface area contributed by atoms with Gasteiger partial charge in [-0.2, -0.15) is 0 Å². The van der Waals surface area contributed by atoms with E-state index >= 15 is 0 Å². The molecule has 0 rings (SSSR count). The van der Waals surface area contributed by atoms with Crippen LogP contribution in [0, 0.1) is 5.41 Å². The summed E-state index contributed by atoms with van der Waals surface area (Å²) in [6, 6.07) is 0. The lowest BCUT2D eigenvalue weighted by molar-refractivity contribution is -0.132. The van der Waals surface area contributed by atoms with E-state index in [0.717, 1.165) is 0 Å². The number of hydrogen-bond donors (Lipinski definition) is 2. The first-order chi connectivity index (χ1) is 4.88. The predicted octanol–water partition coefficient (Wildman–Crippen LogP) is -0.0184. The molecule has 0 unspecified atom stereocenters. The highest BCUT2D eigenvalue weighted by Crippen LogP contribution is 2.15. The van der Waals surface area contributed by atoms with Gasteiger partial charge in [-0.1, -0.05) is 20.8 Å². The molecule has 4 heteroatoms. The number of hydrogen-bond acceptors (Lipinski definition) is 3. The van der Waals surface area contributed by atoms with Crippen LogP contribution in [-0.2, 0) is 9.59 Å². The van der Waals surface area contributed by atoms with Crippen LogP contribution in [0.2, 0.25) is 0 Å². The topological polar surface area (TPSA) is 72.2 Å². The summed E-state index contributed by atoms with van der Waals surface area (Å²) in [4.78, 5) is 21.7. The van der Waals surface area contributed by atoms with Gasteiger partial charge in [-0.25, -0.2) is 5.84 Å². The van der Waals surface area contributed by atoms with Crippen molar-refractivity contribution in [1.82, 2.24) is 5.43 Å². The van der Waals surface area contributed by atoms with Crippen molar-refractivity contribution in [1.29, 1.82) is 0 Å². The number of ketones is 1. The van der Waals surface area contributed by atoms with Crippen molar-refractivity contribution in [2.45, 2.75) is 27.2 Å². The summed E-state index contributed by atoms with van der Waals surface area (Å²) in [6.07, 6.45) is -0.139. The molecule has 0 saturated carbocycles. The zero-order chi connectivity index (χ0) is 9.07. The van der Waals surface area contributed by atoms with Crippen molar-refractivity contribution in [2.75, 3.05) is 0 Å². The Labute approximate surface area is 66.1 Å². The van der Waals surface area contributed by atoms with Gasteiger partial charge in [0.05, 0.1) is 6.42 Å². The number of nitrogens with two attached hydrogens (primary N) is 1. The van der Waals surface area contributed by atoms with Crippen LogP contribution < -0.4 is 11.3 Å². The van der Waals surface area contributed by atoms with Crippen molar-refractivity contribution >= 4 is 11.7 Å². The molecule has 0 aromatic rings. The summed E-state index contributed by atoms with van der Waals surface area (Å²) in [5, 5.41) is 0. The molecule has 0 aromatic carbocycles. The van der Waals surface area contributed by atoms with Crippen molar-refractivity contribution < 1.29 is 9.59 Å². The van der Waals surface area contributed by atoms with Crippen LogP contribution in [0.3, 0.4) is 0 Å². The van der Waals surface area contributed by atoms with E-state index in [2.05, 4.69) is 0 Å². The van der Waals surface area contributed by atoms with Crippen molar-refractivity contribution in [3.63, 3.8) is 0 Å². The molecule has 0 heterocycles. The molecule has 11 heavy (non-hydrogen) atoms. The third kappa shape index (κ3) is 3.72. The molecule has 0 atom stereocenters. The number of carbonyl (C=O) groups is 2. The van der Waals surface area contributed by atoms with Gasteiger partial charge in [-0.3, -0.25) is 15.0 Å². The maximum atomic E-state index is 11.1. The Kier molecular flexibility index (Phi) is 3.19. The Morgan fingerprint density at radius 3 is 2.09 bits per heavy atom. The summed E-state index contributed by atoms with van der Waals surface area (Å²) in [5.41, 5.74) is 1.44. The molecule has 0 aliphatic heterocycles. The summed E-state index contributed by atoms with van der Waals surface area (Å²) < 4.78 is 0. The molecule has 0 aliphatic rings. The predicted molar refractivity (Wildman–Crippen MR) is 41.4 cm³/mol. The third-order valence-corrected chi connectivity index (χ3v) is 1.32. The van der Waals surface area contributed by atoms with Crippen LogP contribution in [0.1, 0.15) is 27.2 Å². The first-order valence-corrected chi connectivity index (χ1v) is 3.40. The standard InChI is InChI=1S/C7H14N2O2/c1-7(2,3)5(10)4-6(11)9-8/h4,8H2,1-3H3,(H,9,11). The van der Waals surface area contributed by atoms with Gasteiger partial charge >= 0.3 is 0 Å². The van der Waals surface area contributed by atoms with E-state index in [1.807, 2.05) is 5.43 Å². The molecule has 4 nitrogen and oxygen atoms in total. The lowest BCUT2D eigenvalue weighted by Crippen LogP contribution is -2.34. The molecule has 0 spiro atoms. The van der Waals surface area contributed by atoms with E-state index in [0.29, 0.717) is 0 Å². The fourth-order valence-corrected chi connectivity index (χ4v) is 0.462. The van der Waals surface area contributed by atoms with E-state index in [1.165, 1.54) is 0 Å². The van der Waals surface area contributed by atoms with Gasteiger partial charge in [0.2, 0.25) is 5.91 Å². The number of amides is 1. The summed E-state index contributed by atoms with van der Waals surface area (Å²) in [6.45, 7) is 5.29. The Hall–Kier alpha value is -0.900. The Balaban J connectivity index is 3.99. The summed E-state index contributed by atoms with van der Waals surface area (Å²) >= 11 is 0. The van der Waals surface area contributed by atoms with Gasteiger partial charge in [0.15, 0.2) is 0 Å². The van der Waals surface area contributed by atoms with Crippen molar-refractivity contribution in [3.8, 4) is 0 Å². The zero-order valence-electron chi connectivity index (χ0n) is 7.10. The van der Waals surface area contributed by atoms with Crippen LogP contribution in [0.4, 0.5) is 0 Å². The van der Waals surface area contributed by atoms with E-state index in [1.54, 1.807) is 20.8 Å². The molecular formula is C7H14N2O2. The van der Waals surface area contributed by atoms with Gasteiger partial charge in [-0.15, -0.1) is 0 Å². The number of Topliss-reactive ketones (excluding diaryl/α,β-unsaturated/α-hetero) is 1. The SMILES string of the molecule is CC(C)(C)C(=O)CC(=O)NN. The number of nitrogens with one attached hydrogen (secondary N) is 1. The molecular weight excluding hydrogens is 144 g/mol. The summed E-state index contributed by atoms with van der Waals surface area (Å²) in [5.74, 6) is 4.26. The van der Waals surface area contributed by atoms with Crippen molar-refractivity contribution in [3.05, 3.63) is 0 Å². The normalized spacial score (nSPS) is 10.9. The highest BCUT2D eigenvalue weighted by atomic mass is 16.2. The minimum Gasteiger partial charge on any atom is -0.299 e. The minimum atomic E-state index is -0.466. The average molecular weight is 158 g/mol. The van der Waals surface area contributed by atoms with E-state index < -0.39 is 11.3 Å². The van der Waals surface area contributed by atoms with Gasteiger partial charge in [-0.05, 0) is 0 Å². The molecule has 0 fully saturated rings. The lowest BCUT2D eigenvalue weighted by atomic mass is 9.89. The van der Waals surface area contributed by atoms with E-state index in [9.17, 15) is 9.59 Å². The second-order valence-corrected chi connectivity index (χ2v) is 3.42. The largest absolute Gasteiger partial charge is 0.299 e. The lowest BCUT2D eigenvalue weighted by Gasteiger charge is -2.15. The molecule has 64 valence electrons. The maximum absolute atomic E-state index is 11.1. The molecule has 0 aromatic heterocycles. The highest BCUT2D eigenvalue weighted by molar-refractivity contribution is 6.00. The minimum absolute atomic E-state index is 0.111. The number of rotatable bonds is 2. The molecule has 0 bridgehead atoms. The second-order valence-electron chi connectivity index (χ2n) is 3.42. The first-order valence-electron chi connectivity index (χ1n) is 3.40. The molecule has 3 N–H and O–H groups in total. The molecule has 0 radical (unpaired) electrons. The molecule has 1 amide bonds. The monoisotopic (exact) mass is 158 g/mol.